The summed E-state index contributed by atoms with van der Waals surface area (Å²) in [5.41, 5.74) is -0.448. The van der Waals surface area contributed by atoms with Gasteiger partial charge in [-0.05, 0) is 61.3 Å². The molecule has 30 heavy (non-hydrogen) atoms. The largest absolute Gasteiger partial charge is 0.300 e. The lowest BCUT2D eigenvalue weighted by molar-refractivity contribution is -0.492. The highest BCUT2D eigenvalue weighted by Crippen LogP contribution is 2.72. The Labute approximate surface area is 183 Å². The summed E-state index contributed by atoms with van der Waals surface area (Å²) in [4.78, 5) is 25.0. The summed E-state index contributed by atoms with van der Waals surface area (Å²) < 4.78 is 0. The van der Waals surface area contributed by atoms with Crippen LogP contribution >= 0.6 is 0 Å². The number of carbonyl (C=O) groups excluding carboxylic acids is 1. The topological polar surface area (TPSA) is 35.5 Å². The molecule has 3 saturated carbocycles. The number of fused-ring (bicyclic) bond motifs is 2. The normalized spacial score (nSPS) is 50.3. The van der Waals surface area contributed by atoms with E-state index in [2.05, 4.69) is 46.8 Å². The maximum Gasteiger partial charge on any atom is 0.136 e. The highest BCUT2D eigenvalue weighted by atomic mass is 17.2. The smallest absolute Gasteiger partial charge is 0.136 e. The summed E-state index contributed by atoms with van der Waals surface area (Å²) in [6, 6.07) is 0. The molecule has 0 radical (unpaired) electrons. The standard InChI is InChI=1S/C27H42O3/c1-18(2)7-6-8-19(3)21-9-10-22-24(21,4)13-12-23-25(5)14-11-20(28)17-26(25)15-16-27(22,23)30-29-26/h15-16,18-19,21-23H,6-14,17H2,1-5H3/t19-,21?,22?,23?,24-,25-,26-,27+/m1/s1. The highest BCUT2D eigenvalue weighted by molar-refractivity contribution is 5.81. The van der Waals surface area contributed by atoms with Crippen molar-refractivity contribution in [1.29, 1.82) is 0 Å². The van der Waals surface area contributed by atoms with Gasteiger partial charge < -0.3 is 0 Å². The van der Waals surface area contributed by atoms with E-state index in [1.165, 1.54) is 44.9 Å². The first kappa shape index (κ1) is 21.2. The first-order chi connectivity index (χ1) is 14.2. The summed E-state index contributed by atoms with van der Waals surface area (Å²) in [6.45, 7) is 12.2. The third kappa shape index (κ3) is 2.66. The van der Waals surface area contributed by atoms with Crippen molar-refractivity contribution in [3.05, 3.63) is 12.2 Å². The SMILES string of the molecule is CC(C)CCC[C@@H](C)C1CCC2[C@]1(C)CCC1[C@]23C=C[C@]2(CC(=O)CC[C@]12C)OO3. The zero-order chi connectivity index (χ0) is 21.4. The molecule has 6 aliphatic rings. The van der Waals surface area contributed by atoms with E-state index in [-0.39, 0.29) is 11.0 Å². The number of rotatable bonds is 5. The van der Waals surface area contributed by atoms with Crippen LogP contribution in [0, 0.1) is 40.4 Å². The molecule has 3 nitrogen and oxygen atoms in total. The van der Waals surface area contributed by atoms with Gasteiger partial charge in [-0.1, -0.05) is 60.0 Å². The van der Waals surface area contributed by atoms with Crippen molar-refractivity contribution in [2.45, 2.75) is 110 Å². The molecule has 6 rings (SSSR count). The van der Waals surface area contributed by atoms with Gasteiger partial charge in [0.1, 0.15) is 17.0 Å². The van der Waals surface area contributed by atoms with Gasteiger partial charge in [-0.15, -0.1) is 0 Å². The Morgan fingerprint density at radius 3 is 2.50 bits per heavy atom. The van der Waals surface area contributed by atoms with Crippen LogP contribution in [-0.2, 0) is 14.6 Å². The fourth-order valence-corrected chi connectivity index (χ4v) is 8.94. The van der Waals surface area contributed by atoms with E-state index < -0.39 is 5.60 Å². The van der Waals surface area contributed by atoms with Crippen LogP contribution in [0.2, 0.25) is 0 Å². The fourth-order valence-electron chi connectivity index (χ4n) is 8.94. The van der Waals surface area contributed by atoms with Gasteiger partial charge in [0, 0.05) is 30.1 Å². The zero-order valence-electron chi connectivity index (χ0n) is 19.8. The molecule has 0 aromatic rings. The van der Waals surface area contributed by atoms with Crippen molar-refractivity contribution >= 4 is 5.78 Å². The molecule has 4 fully saturated rings. The van der Waals surface area contributed by atoms with Crippen molar-refractivity contribution < 1.29 is 14.6 Å². The summed E-state index contributed by atoms with van der Waals surface area (Å²) in [5.74, 6) is 3.71. The molecule has 0 aromatic carbocycles. The number of carbonyl (C=O) groups is 1. The fraction of sp³-hybridized carbons (Fsp3) is 0.889. The molecule has 4 aliphatic carbocycles. The number of hydrogen-bond acceptors (Lipinski definition) is 3. The van der Waals surface area contributed by atoms with Gasteiger partial charge in [-0.25, -0.2) is 9.78 Å². The summed E-state index contributed by atoms with van der Waals surface area (Å²) in [6.07, 6.45) is 15.9. The van der Waals surface area contributed by atoms with Crippen LogP contribution in [0.25, 0.3) is 0 Å². The summed E-state index contributed by atoms with van der Waals surface area (Å²) in [7, 11) is 0. The molecule has 3 unspecified atom stereocenters. The first-order valence-corrected chi connectivity index (χ1v) is 12.8. The van der Waals surface area contributed by atoms with E-state index in [0.717, 1.165) is 24.2 Å². The molecular weight excluding hydrogens is 372 g/mol. The molecule has 0 N–H and O–H groups in total. The molecule has 2 aliphatic heterocycles. The van der Waals surface area contributed by atoms with Gasteiger partial charge in [0.15, 0.2) is 0 Å². The number of Topliss-reactive ketones (excluding diaryl/α,β-unsaturated/α-hetero) is 1. The maximum absolute atomic E-state index is 12.3. The summed E-state index contributed by atoms with van der Waals surface area (Å²) in [5, 5.41) is 0. The first-order valence-electron chi connectivity index (χ1n) is 12.8. The van der Waals surface area contributed by atoms with E-state index in [1.807, 2.05) is 0 Å². The number of ketones is 1. The van der Waals surface area contributed by atoms with E-state index >= 15 is 0 Å². The molecule has 8 atom stereocenters. The van der Waals surface area contributed by atoms with Gasteiger partial charge in [0.05, 0.1) is 0 Å². The molecule has 0 aromatic heterocycles. The summed E-state index contributed by atoms with van der Waals surface area (Å²) >= 11 is 0. The molecule has 2 heterocycles. The number of hydrogen-bond donors (Lipinski definition) is 0. The Morgan fingerprint density at radius 2 is 1.80 bits per heavy atom. The van der Waals surface area contributed by atoms with Crippen molar-refractivity contribution in [3.8, 4) is 0 Å². The Kier molecular flexibility index (Phi) is 4.88. The second kappa shape index (κ2) is 6.91. The van der Waals surface area contributed by atoms with E-state index in [9.17, 15) is 4.79 Å². The van der Waals surface area contributed by atoms with Gasteiger partial charge in [0.25, 0.3) is 0 Å². The Morgan fingerprint density at radius 1 is 1.00 bits per heavy atom. The Hall–Kier alpha value is -0.670. The minimum atomic E-state index is -0.523. The average Bonchev–Trinajstić information content (AvgIpc) is 3.05. The molecule has 2 bridgehead atoms. The zero-order valence-corrected chi connectivity index (χ0v) is 19.8. The minimum Gasteiger partial charge on any atom is -0.300 e. The third-order valence-corrected chi connectivity index (χ3v) is 10.7. The minimum absolute atomic E-state index is 0.0240. The molecule has 168 valence electrons. The maximum atomic E-state index is 12.3. The average molecular weight is 415 g/mol. The van der Waals surface area contributed by atoms with Crippen LogP contribution in [0.1, 0.15) is 98.8 Å². The second-order valence-electron chi connectivity index (χ2n) is 12.5. The monoisotopic (exact) mass is 414 g/mol. The van der Waals surface area contributed by atoms with Gasteiger partial charge in [-0.2, -0.15) is 0 Å². The van der Waals surface area contributed by atoms with Gasteiger partial charge >= 0.3 is 0 Å². The second-order valence-corrected chi connectivity index (χ2v) is 12.5. The Bertz CT molecular complexity index is 742. The van der Waals surface area contributed by atoms with Crippen molar-refractivity contribution in [3.63, 3.8) is 0 Å². The van der Waals surface area contributed by atoms with Gasteiger partial charge in [-0.3, -0.25) is 4.79 Å². The highest BCUT2D eigenvalue weighted by Gasteiger charge is 2.74. The predicted octanol–water partition coefficient (Wildman–Crippen LogP) is 6.66. The van der Waals surface area contributed by atoms with E-state index in [0.29, 0.717) is 35.9 Å². The molecule has 3 heteroatoms. The predicted molar refractivity (Wildman–Crippen MR) is 119 cm³/mol. The van der Waals surface area contributed by atoms with Crippen molar-refractivity contribution in [1.82, 2.24) is 0 Å². The van der Waals surface area contributed by atoms with Crippen LogP contribution in [0.15, 0.2) is 12.2 Å². The van der Waals surface area contributed by atoms with Gasteiger partial charge in [0.2, 0.25) is 0 Å². The Balaban J connectivity index is 1.43. The van der Waals surface area contributed by atoms with Crippen LogP contribution in [0.3, 0.4) is 0 Å². The van der Waals surface area contributed by atoms with Crippen LogP contribution in [0.5, 0.6) is 0 Å². The molecular formula is C27H42O3. The van der Waals surface area contributed by atoms with Crippen LogP contribution in [-0.4, -0.2) is 17.0 Å². The molecule has 2 spiro atoms. The lowest BCUT2D eigenvalue weighted by Crippen LogP contribution is -2.73. The van der Waals surface area contributed by atoms with E-state index in [4.69, 9.17) is 9.78 Å². The lowest BCUT2D eigenvalue weighted by atomic mass is 9.43. The van der Waals surface area contributed by atoms with Crippen molar-refractivity contribution in [2.24, 2.45) is 40.4 Å². The van der Waals surface area contributed by atoms with Crippen LogP contribution < -0.4 is 0 Å². The quantitative estimate of drug-likeness (QED) is 0.373. The van der Waals surface area contributed by atoms with Crippen molar-refractivity contribution in [2.75, 3.05) is 0 Å². The molecule has 1 saturated heterocycles. The van der Waals surface area contributed by atoms with Crippen LogP contribution in [0.4, 0.5) is 0 Å². The lowest BCUT2D eigenvalue weighted by Gasteiger charge is -2.69. The van der Waals surface area contributed by atoms with E-state index in [1.54, 1.807) is 0 Å². The third-order valence-electron chi connectivity index (χ3n) is 10.7. The molecule has 0 amide bonds.